The summed E-state index contributed by atoms with van der Waals surface area (Å²) in [6.07, 6.45) is 2.35. The number of aryl methyl sites for hydroxylation is 1. The molecule has 1 aromatic rings. The first-order valence-electron chi connectivity index (χ1n) is 7.90. The van der Waals surface area contributed by atoms with Gasteiger partial charge in [-0.2, -0.15) is 0 Å². The molecule has 126 valence electrons. The normalized spacial score (nSPS) is 20.5. The molecule has 3 rings (SSSR count). The Kier molecular flexibility index (Phi) is 4.63. The van der Waals surface area contributed by atoms with Crippen LogP contribution in [-0.2, 0) is 9.53 Å². The zero-order valence-corrected chi connectivity index (χ0v) is 14.4. The number of carbonyl (C=O) groups excluding carboxylic acids is 2. The lowest BCUT2D eigenvalue weighted by Gasteiger charge is -2.38. The molecular formula is C15H22N4O3S. The number of piperidine rings is 1. The molecule has 2 fully saturated rings. The molecule has 0 bridgehead atoms. The van der Waals surface area contributed by atoms with E-state index in [1.165, 1.54) is 0 Å². The van der Waals surface area contributed by atoms with Crippen molar-refractivity contribution in [1.29, 1.82) is 0 Å². The third-order valence-electron chi connectivity index (χ3n) is 4.93. The molecule has 23 heavy (non-hydrogen) atoms. The Hall–Kier alpha value is -1.54. The molecule has 1 spiro atoms. The van der Waals surface area contributed by atoms with Crippen LogP contribution in [0.1, 0.15) is 34.6 Å². The number of nitrogens with zero attached hydrogens (tertiary/aromatic N) is 4. The summed E-state index contributed by atoms with van der Waals surface area (Å²) < 4.78 is 8.91. The Morgan fingerprint density at radius 2 is 2.13 bits per heavy atom. The van der Waals surface area contributed by atoms with Gasteiger partial charge in [-0.1, -0.05) is 4.49 Å². The third-order valence-corrected chi connectivity index (χ3v) is 5.74. The number of hydrogen-bond donors (Lipinski definition) is 0. The second-order valence-corrected chi connectivity index (χ2v) is 7.22. The molecule has 0 aliphatic carbocycles. The SMILES string of the molecule is COCCN1CC2(CCN(C(=O)c3snnc3C)CC2)CC1=O. The number of carbonyl (C=O) groups is 2. The van der Waals surface area contributed by atoms with Crippen molar-refractivity contribution in [3.05, 3.63) is 10.6 Å². The minimum atomic E-state index is 0.0212. The van der Waals surface area contributed by atoms with E-state index in [9.17, 15) is 9.59 Å². The Morgan fingerprint density at radius 1 is 1.39 bits per heavy atom. The molecule has 0 saturated carbocycles. The van der Waals surface area contributed by atoms with Crippen LogP contribution in [-0.4, -0.2) is 71.1 Å². The molecule has 1 aromatic heterocycles. The van der Waals surface area contributed by atoms with E-state index in [2.05, 4.69) is 9.59 Å². The standard InChI is InChI=1S/C15H22N4O3S/c1-11-13(23-17-16-11)14(21)18-5-3-15(4-6-18)9-12(20)19(10-15)7-8-22-2/h3-10H2,1-2H3. The monoisotopic (exact) mass is 338 g/mol. The number of amides is 2. The minimum Gasteiger partial charge on any atom is -0.383 e. The highest BCUT2D eigenvalue weighted by atomic mass is 32.1. The molecule has 2 saturated heterocycles. The van der Waals surface area contributed by atoms with Gasteiger partial charge in [0.05, 0.1) is 12.3 Å². The van der Waals surface area contributed by atoms with Crippen LogP contribution in [0.25, 0.3) is 0 Å². The van der Waals surface area contributed by atoms with Gasteiger partial charge in [-0.3, -0.25) is 9.59 Å². The van der Waals surface area contributed by atoms with E-state index in [-0.39, 0.29) is 17.2 Å². The first kappa shape index (κ1) is 16.3. The number of methoxy groups -OCH3 is 1. The third kappa shape index (κ3) is 3.23. The lowest BCUT2D eigenvalue weighted by Crippen LogP contribution is -2.44. The number of rotatable bonds is 4. The van der Waals surface area contributed by atoms with Gasteiger partial charge in [0.25, 0.3) is 5.91 Å². The van der Waals surface area contributed by atoms with Gasteiger partial charge in [-0.25, -0.2) is 0 Å². The van der Waals surface area contributed by atoms with Crippen LogP contribution in [0, 0.1) is 12.3 Å². The van der Waals surface area contributed by atoms with Gasteiger partial charge in [-0.05, 0) is 31.3 Å². The zero-order valence-electron chi connectivity index (χ0n) is 13.6. The predicted octanol–water partition coefficient (Wildman–Crippen LogP) is 0.948. The van der Waals surface area contributed by atoms with Gasteiger partial charge in [0, 0.05) is 45.1 Å². The fourth-order valence-corrected chi connectivity index (χ4v) is 4.10. The molecule has 0 unspecified atom stereocenters. The number of hydrogen-bond acceptors (Lipinski definition) is 6. The summed E-state index contributed by atoms with van der Waals surface area (Å²) in [5.41, 5.74) is 0.727. The van der Waals surface area contributed by atoms with Crippen LogP contribution in [0.5, 0.6) is 0 Å². The van der Waals surface area contributed by atoms with Crippen molar-refractivity contribution in [2.24, 2.45) is 5.41 Å². The summed E-state index contributed by atoms with van der Waals surface area (Å²) in [6.45, 7) is 5.22. The maximum atomic E-state index is 12.5. The lowest BCUT2D eigenvalue weighted by atomic mass is 9.77. The van der Waals surface area contributed by atoms with Crippen LogP contribution < -0.4 is 0 Å². The van der Waals surface area contributed by atoms with Crippen LogP contribution in [0.4, 0.5) is 0 Å². The average molecular weight is 338 g/mol. The summed E-state index contributed by atoms with van der Waals surface area (Å²) in [6, 6.07) is 0. The quantitative estimate of drug-likeness (QED) is 0.817. The summed E-state index contributed by atoms with van der Waals surface area (Å²) in [4.78, 5) is 29.1. The van der Waals surface area contributed by atoms with Gasteiger partial charge in [-0.15, -0.1) is 5.10 Å². The summed E-state index contributed by atoms with van der Waals surface area (Å²) >= 11 is 1.16. The van der Waals surface area contributed by atoms with E-state index in [0.717, 1.165) is 30.9 Å². The number of aromatic nitrogens is 2. The molecule has 8 heteroatoms. The van der Waals surface area contributed by atoms with Gasteiger partial charge >= 0.3 is 0 Å². The fourth-order valence-electron chi connectivity index (χ4n) is 3.48. The van der Waals surface area contributed by atoms with Crippen molar-refractivity contribution in [3.8, 4) is 0 Å². The highest BCUT2D eigenvalue weighted by molar-refractivity contribution is 7.07. The van der Waals surface area contributed by atoms with Crippen molar-refractivity contribution >= 4 is 23.3 Å². The lowest BCUT2D eigenvalue weighted by molar-refractivity contribution is -0.128. The highest BCUT2D eigenvalue weighted by Crippen LogP contribution is 2.41. The molecule has 0 radical (unpaired) electrons. The first-order valence-corrected chi connectivity index (χ1v) is 8.67. The molecule has 2 aliphatic heterocycles. The Morgan fingerprint density at radius 3 is 2.74 bits per heavy atom. The number of ether oxygens (including phenoxy) is 1. The Balaban J connectivity index is 1.59. The molecule has 0 atom stereocenters. The smallest absolute Gasteiger partial charge is 0.267 e. The van der Waals surface area contributed by atoms with Crippen LogP contribution in [0.15, 0.2) is 0 Å². The topological polar surface area (TPSA) is 75.6 Å². The number of likely N-dealkylation sites (tertiary alicyclic amines) is 2. The summed E-state index contributed by atoms with van der Waals surface area (Å²) in [7, 11) is 1.65. The van der Waals surface area contributed by atoms with Crippen molar-refractivity contribution in [2.75, 3.05) is 39.9 Å². The second kappa shape index (κ2) is 6.52. The van der Waals surface area contributed by atoms with Gasteiger partial charge in [0.15, 0.2) is 0 Å². The molecular weight excluding hydrogens is 316 g/mol. The van der Waals surface area contributed by atoms with Crippen LogP contribution in [0.2, 0.25) is 0 Å². The van der Waals surface area contributed by atoms with E-state index < -0.39 is 0 Å². The predicted molar refractivity (Wildman–Crippen MR) is 85.3 cm³/mol. The van der Waals surface area contributed by atoms with E-state index in [1.54, 1.807) is 7.11 Å². The molecule has 2 aliphatic rings. The maximum absolute atomic E-state index is 12.5. The van der Waals surface area contributed by atoms with E-state index in [0.29, 0.717) is 43.2 Å². The fraction of sp³-hybridized carbons (Fsp3) is 0.733. The highest BCUT2D eigenvalue weighted by Gasteiger charge is 2.45. The Labute approximate surface area is 139 Å². The molecule has 7 nitrogen and oxygen atoms in total. The van der Waals surface area contributed by atoms with Gasteiger partial charge < -0.3 is 14.5 Å². The molecule has 3 heterocycles. The van der Waals surface area contributed by atoms with Gasteiger partial charge in [0.1, 0.15) is 4.88 Å². The van der Waals surface area contributed by atoms with Crippen molar-refractivity contribution in [2.45, 2.75) is 26.2 Å². The van der Waals surface area contributed by atoms with Crippen LogP contribution in [0.3, 0.4) is 0 Å². The van der Waals surface area contributed by atoms with Crippen molar-refractivity contribution in [1.82, 2.24) is 19.4 Å². The molecule has 0 N–H and O–H groups in total. The second-order valence-electron chi connectivity index (χ2n) is 6.46. The van der Waals surface area contributed by atoms with Gasteiger partial charge in [0.2, 0.25) is 5.91 Å². The van der Waals surface area contributed by atoms with E-state index in [1.807, 2.05) is 16.7 Å². The maximum Gasteiger partial charge on any atom is 0.267 e. The summed E-state index contributed by atoms with van der Waals surface area (Å²) in [5.74, 6) is 0.234. The molecule has 2 amide bonds. The van der Waals surface area contributed by atoms with Crippen molar-refractivity contribution in [3.63, 3.8) is 0 Å². The van der Waals surface area contributed by atoms with Crippen molar-refractivity contribution < 1.29 is 14.3 Å². The van der Waals surface area contributed by atoms with E-state index >= 15 is 0 Å². The zero-order chi connectivity index (χ0) is 16.4. The molecule has 0 aromatic carbocycles. The van der Waals surface area contributed by atoms with E-state index in [4.69, 9.17) is 4.74 Å². The summed E-state index contributed by atoms with van der Waals surface area (Å²) in [5, 5.41) is 3.91. The average Bonchev–Trinajstić information content (AvgIpc) is 3.09. The minimum absolute atomic E-state index is 0.0212. The van der Waals surface area contributed by atoms with Crippen LogP contribution >= 0.6 is 11.5 Å². The first-order chi connectivity index (χ1) is 11.0. The largest absolute Gasteiger partial charge is 0.383 e. The Bertz CT molecular complexity index is 595.